The quantitative estimate of drug-likeness (QED) is 0.687. The minimum atomic E-state index is -0.0981. The van der Waals surface area contributed by atoms with Crippen LogP contribution in [0.15, 0.2) is 59.5 Å². The monoisotopic (exact) mass is 298 g/mol. The normalized spacial score (nSPS) is 10.5. The minimum absolute atomic E-state index is 0.0981. The van der Waals surface area contributed by atoms with Gasteiger partial charge in [-0.15, -0.1) is 0 Å². The van der Waals surface area contributed by atoms with Crippen LogP contribution in [0.3, 0.4) is 0 Å². The van der Waals surface area contributed by atoms with Gasteiger partial charge in [-0.1, -0.05) is 23.7 Å². The minimum Gasteiger partial charge on any atom is -0.461 e. The molecule has 0 unspecified atom stereocenters. The molecule has 4 nitrogen and oxygen atoms in total. The van der Waals surface area contributed by atoms with Crippen LogP contribution < -0.4 is 0 Å². The lowest BCUT2D eigenvalue weighted by atomic mass is 10.1. The van der Waals surface area contributed by atoms with Crippen LogP contribution in [0.5, 0.6) is 0 Å². The Kier molecular flexibility index (Phi) is 3.79. The van der Waals surface area contributed by atoms with Crippen LogP contribution >= 0.6 is 11.6 Å². The van der Waals surface area contributed by atoms with Crippen LogP contribution in [0.1, 0.15) is 16.1 Å². The van der Waals surface area contributed by atoms with Gasteiger partial charge in [-0.2, -0.15) is 0 Å². The lowest BCUT2D eigenvalue weighted by Gasteiger charge is -2.02. The maximum atomic E-state index is 11.9. The Morgan fingerprint density at radius 1 is 1.14 bits per heavy atom. The number of aromatic nitrogens is 2. The lowest BCUT2D eigenvalue weighted by molar-refractivity contribution is 0.0966. The predicted octanol–water partition coefficient (Wildman–Crippen LogP) is 3.82. The zero-order valence-electron chi connectivity index (χ0n) is 11.0. The summed E-state index contributed by atoms with van der Waals surface area (Å²) in [7, 11) is 0. The number of carbonyl (C=O) groups is 1. The molecule has 5 heteroatoms. The molecular weight excluding hydrogens is 288 g/mol. The summed E-state index contributed by atoms with van der Waals surface area (Å²) in [6.07, 6.45) is 4.98. The second kappa shape index (κ2) is 5.89. The molecule has 0 aliphatic rings. The van der Waals surface area contributed by atoms with Crippen LogP contribution in [-0.2, 0) is 6.42 Å². The maximum absolute atomic E-state index is 11.9. The zero-order chi connectivity index (χ0) is 14.7. The Morgan fingerprint density at radius 3 is 2.62 bits per heavy atom. The first-order valence-corrected chi connectivity index (χ1v) is 6.74. The molecule has 1 aromatic carbocycles. The van der Waals surface area contributed by atoms with Gasteiger partial charge in [-0.25, -0.2) is 9.97 Å². The molecule has 0 N–H and O–H groups in total. The zero-order valence-corrected chi connectivity index (χ0v) is 11.7. The molecule has 0 fully saturated rings. The Hall–Kier alpha value is -2.46. The molecule has 3 aromatic rings. The van der Waals surface area contributed by atoms with Gasteiger partial charge < -0.3 is 4.42 Å². The summed E-state index contributed by atoms with van der Waals surface area (Å²) in [6, 6.07) is 10.6. The van der Waals surface area contributed by atoms with Crippen molar-refractivity contribution < 1.29 is 9.21 Å². The Balaban J connectivity index is 1.77. The van der Waals surface area contributed by atoms with Crippen molar-refractivity contribution >= 4 is 17.4 Å². The van der Waals surface area contributed by atoms with E-state index < -0.39 is 0 Å². The van der Waals surface area contributed by atoms with Crippen molar-refractivity contribution in [2.24, 2.45) is 0 Å². The number of benzene rings is 1. The van der Waals surface area contributed by atoms with Crippen molar-refractivity contribution in [3.05, 3.63) is 71.4 Å². The number of carbonyl (C=O) groups excluding carboxylic acids is 1. The van der Waals surface area contributed by atoms with Crippen LogP contribution in [0.25, 0.3) is 11.4 Å². The van der Waals surface area contributed by atoms with Gasteiger partial charge in [0.15, 0.2) is 11.6 Å². The first-order chi connectivity index (χ1) is 10.2. The van der Waals surface area contributed by atoms with E-state index in [1.54, 1.807) is 36.7 Å². The number of furan rings is 1. The average molecular weight is 299 g/mol. The Bertz CT molecular complexity index is 752. The SMILES string of the molecule is O=C(Cc1cnc(-c2cccc(Cl)c2)nc1)c1ccco1. The van der Waals surface area contributed by atoms with Gasteiger partial charge in [-0.05, 0) is 29.8 Å². The first-order valence-electron chi connectivity index (χ1n) is 6.36. The predicted molar refractivity (Wildman–Crippen MR) is 79.2 cm³/mol. The van der Waals surface area contributed by atoms with Crippen LogP contribution in [0.2, 0.25) is 5.02 Å². The molecule has 0 saturated heterocycles. The van der Waals surface area contributed by atoms with Crippen LogP contribution in [0.4, 0.5) is 0 Å². The molecule has 0 aliphatic carbocycles. The van der Waals surface area contributed by atoms with Gasteiger partial charge >= 0.3 is 0 Å². The van der Waals surface area contributed by atoms with Crippen molar-refractivity contribution in [3.63, 3.8) is 0 Å². The van der Waals surface area contributed by atoms with Crippen LogP contribution in [0, 0.1) is 0 Å². The fourth-order valence-corrected chi connectivity index (χ4v) is 2.12. The molecule has 2 aromatic heterocycles. The first kappa shape index (κ1) is 13.5. The molecule has 0 saturated carbocycles. The molecule has 0 bridgehead atoms. The third-order valence-corrected chi connectivity index (χ3v) is 3.18. The number of Topliss-reactive ketones (excluding diaryl/α,β-unsaturated/α-hetero) is 1. The van der Waals surface area contributed by atoms with Crippen molar-refractivity contribution in [2.75, 3.05) is 0 Å². The fraction of sp³-hybridized carbons (Fsp3) is 0.0625. The molecule has 0 amide bonds. The van der Waals surface area contributed by atoms with Gasteiger partial charge in [0.25, 0.3) is 0 Å². The smallest absolute Gasteiger partial charge is 0.202 e. The van der Waals surface area contributed by atoms with E-state index in [0.717, 1.165) is 11.1 Å². The van der Waals surface area contributed by atoms with E-state index in [0.29, 0.717) is 16.6 Å². The number of hydrogen-bond donors (Lipinski definition) is 0. The van der Waals surface area contributed by atoms with E-state index in [-0.39, 0.29) is 12.2 Å². The molecular formula is C16H11ClN2O2. The average Bonchev–Trinajstić information content (AvgIpc) is 3.02. The summed E-state index contributed by atoms with van der Waals surface area (Å²) in [5.74, 6) is 0.819. The lowest BCUT2D eigenvalue weighted by Crippen LogP contribution is -2.03. The third kappa shape index (κ3) is 3.17. The molecule has 21 heavy (non-hydrogen) atoms. The number of nitrogens with zero attached hydrogens (tertiary/aromatic N) is 2. The van der Waals surface area contributed by atoms with E-state index in [4.69, 9.17) is 16.0 Å². The van der Waals surface area contributed by atoms with Crippen molar-refractivity contribution in [3.8, 4) is 11.4 Å². The topological polar surface area (TPSA) is 56.0 Å². The number of hydrogen-bond acceptors (Lipinski definition) is 4. The van der Waals surface area contributed by atoms with Gasteiger partial charge in [0.05, 0.1) is 6.26 Å². The maximum Gasteiger partial charge on any atom is 0.202 e. The molecule has 104 valence electrons. The number of ketones is 1. The second-order valence-corrected chi connectivity index (χ2v) is 4.94. The van der Waals surface area contributed by atoms with Gasteiger partial charge in [0.2, 0.25) is 5.78 Å². The summed E-state index contributed by atoms with van der Waals surface area (Å²) >= 11 is 5.94. The molecule has 0 spiro atoms. The summed E-state index contributed by atoms with van der Waals surface area (Å²) in [5.41, 5.74) is 1.58. The summed E-state index contributed by atoms with van der Waals surface area (Å²) in [6.45, 7) is 0. The number of halogens is 1. The second-order valence-electron chi connectivity index (χ2n) is 4.50. The van der Waals surface area contributed by atoms with E-state index >= 15 is 0 Å². The summed E-state index contributed by atoms with van der Waals surface area (Å²) in [5, 5.41) is 0.633. The van der Waals surface area contributed by atoms with Crippen molar-refractivity contribution in [1.29, 1.82) is 0 Å². The van der Waals surface area contributed by atoms with Gasteiger partial charge in [-0.3, -0.25) is 4.79 Å². The molecule has 0 radical (unpaired) electrons. The molecule has 0 atom stereocenters. The highest BCUT2D eigenvalue weighted by Crippen LogP contribution is 2.19. The Labute approximate surface area is 126 Å². The third-order valence-electron chi connectivity index (χ3n) is 2.95. The summed E-state index contributed by atoms with van der Waals surface area (Å²) in [4.78, 5) is 20.5. The highest BCUT2D eigenvalue weighted by molar-refractivity contribution is 6.30. The van der Waals surface area contributed by atoms with E-state index in [1.165, 1.54) is 6.26 Å². The molecule has 0 aliphatic heterocycles. The van der Waals surface area contributed by atoms with Gasteiger partial charge in [0.1, 0.15) is 0 Å². The van der Waals surface area contributed by atoms with Gasteiger partial charge in [0, 0.05) is 29.4 Å². The number of rotatable bonds is 4. The standard InChI is InChI=1S/C16H11ClN2O2/c17-13-4-1-3-12(8-13)16-18-9-11(10-19-16)7-14(20)15-5-2-6-21-15/h1-6,8-10H,7H2. The Morgan fingerprint density at radius 2 is 1.95 bits per heavy atom. The van der Waals surface area contributed by atoms with E-state index in [9.17, 15) is 4.79 Å². The van der Waals surface area contributed by atoms with E-state index in [1.807, 2.05) is 12.1 Å². The highest BCUT2D eigenvalue weighted by atomic mass is 35.5. The largest absolute Gasteiger partial charge is 0.461 e. The summed E-state index contributed by atoms with van der Waals surface area (Å²) < 4.78 is 5.07. The van der Waals surface area contributed by atoms with Crippen LogP contribution in [-0.4, -0.2) is 15.8 Å². The molecule has 2 heterocycles. The fourth-order valence-electron chi connectivity index (χ4n) is 1.93. The van der Waals surface area contributed by atoms with E-state index in [2.05, 4.69) is 9.97 Å². The van der Waals surface area contributed by atoms with Crippen molar-refractivity contribution in [1.82, 2.24) is 9.97 Å². The highest BCUT2D eigenvalue weighted by Gasteiger charge is 2.10. The molecule has 3 rings (SSSR count). The van der Waals surface area contributed by atoms with Crippen molar-refractivity contribution in [2.45, 2.75) is 6.42 Å².